The summed E-state index contributed by atoms with van der Waals surface area (Å²) in [7, 11) is 0. The molecule has 1 aliphatic heterocycles. The van der Waals surface area contributed by atoms with Crippen LogP contribution in [-0.2, 0) is 0 Å². The molecule has 0 spiro atoms. The number of nitrogens with one attached hydrogen (secondary N) is 1. The average molecular weight is 176 g/mol. The largest absolute Gasteiger partial charge is 0.381 e. The zero-order chi connectivity index (χ0) is 9.26. The maximum Gasteiger partial charge on any atom is 0.161 e. The number of hydrogen-bond acceptors (Lipinski definition) is 4. The van der Waals surface area contributed by atoms with Gasteiger partial charge < -0.3 is 11.2 Å². The van der Waals surface area contributed by atoms with E-state index in [1.807, 2.05) is 0 Å². The van der Waals surface area contributed by atoms with Crippen molar-refractivity contribution in [2.24, 2.45) is 10.8 Å². The third-order valence-electron chi connectivity index (χ3n) is 2.64. The standard InChI is InChI=1S/C9H12N4/c10-5-7-6-3-1-2-4-8(6)12-13-9(7)11/h8,12H,1-4H2,(H2,11,13). The summed E-state index contributed by atoms with van der Waals surface area (Å²) in [4.78, 5) is 0. The van der Waals surface area contributed by atoms with E-state index in [-0.39, 0.29) is 6.04 Å². The van der Waals surface area contributed by atoms with E-state index in [1.54, 1.807) is 0 Å². The fourth-order valence-electron chi connectivity index (χ4n) is 1.95. The molecular weight excluding hydrogens is 164 g/mol. The van der Waals surface area contributed by atoms with Crippen LogP contribution in [0, 0.1) is 11.3 Å². The van der Waals surface area contributed by atoms with E-state index in [1.165, 1.54) is 6.42 Å². The summed E-state index contributed by atoms with van der Waals surface area (Å²) in [6.45, 7) is 0. The Morgan fingerprint density at radius 1 is 1.54 bits per heavy atom. The van der Waals surface area contributed by atoms with Gasteiger partial charge in [-0.25, -0.2) is 0 Å². The first-order valence-electron chi connectivity index (χ1n) is 4.55. The summed E-state index contributed by atoms with van der Waals surface area (Å²) in [5, 5.41) is 12.8. The Morgan fingerprint density at radius 2 is 2.38 bits per heavy atom. The van der Waals surface area contributed by atoms with Gasteiger partial charge in [0.2, 0.25) is 0 Å². The van der Waals surface area contributed by atoms with Crippen LogP contribution in [0.3, 0.4) is 0 Å². The predicted octanol–water partition coefficient (Wildman–Crippen LogP) is 0.625. The molecule has 0 aromatic carbocycles. The zero-order valence-electron chi connectivity index (χ0n) is 7.38. The number of fused-ring (bicyclic) bond motifs is 1. The van der Waals surface area contributed by atoms with Crippen LogP contribution in [0.15, 0.2) is 16.2 Å². The van der Waals surface area contributed by atoms with Crippen molar-refractivity contribution in [3.63, 3.8) is 0 Å². The van der Waals surface area contributed by atoms with Gasteiger partial charge in [0.15, 0.2) is 5.84 Å². The first kappa shape index (κ1) is 8.11. The lowest BCUT2D eigenvalue weighted by atomic mass is 9.86. The van der Waals surface area contributed by atoms with E-state index in [4.69, 9.17) is 11.0 Å². The summed E-state index contributed by atoms with van der Waals surface area (Å²) in [6, 6.07) is 2.40. The van der Waals surface area contributed by atoms with Crippen LogP contribution < -0.4 is 11.2 Å². The van der Waals surface area contributed by atoms with Gasteiger partial charge in [-0.15, -0.1) is 0 Å². The summed E-state index contributed by atoms with van der Waals surface area (Å²) in [6.07, 6.45) is 4.41. The first-order valence-corrected chi connectivity index (χ1v) is 4.55. The monoisotopic (exact) mass is 176 g/mol. The molecule has 1 aliphatic carbocycles. The molecule has 0 saturated heterocycles. The Kier molecular flexibility index (Phi) is 1.93. The predicted molar refractivity (Wildman–Crippen MR) is 49.7 cm³/mol. The lowest BCUT2D eigenvalue weighted by molar-refractivity contribution is 0.457. The van der Waals surface area contributed by atoms with Gasteiger partial charge in [-0.2, -0.15) is 10.4 Å². The highest BCUT2D eigenvalue weighted by Crippen LogP contribution is 2.28. The molecule has 4 nitrogen and oxygen atoms in total. The number of nitriles is 1. The van der Waals surface area contributed by atoms with Gasteiger partial charge in [0, 0.05) is 0 Å². The van der Waals surface area contributed by atoms with Crippen LogP contribution in [0.5, 0.6) is 0 Å². The molecule has 1 unspecified atom stereocenters. The molecule has 1 heterocycles. The topological polar surface area (TPSA) is 74.2 Å². The lowest BCUT2D eigenvalue weighted by Crippen LogP contribution is -2.38. The molecule has 0 bridgehead atoms. The van der Waals surface area contributed by atoms with Crippen LogP contribution in [-0.4, -0.2) is 11.9 Å². The van der Waals surface area contributed by atoms with Crippen LogP contribution >= 0.6 is 0 Å². The molecule has 1 fully saturated rings. The minimum Gasteiger partial charge on any atom is -0.381 e. The molecule has 68 valence electrons. The Morgan fingerprint density at radius 3 is 3.15 bits per heavy atom. The van der Waals surface area contributed by atoms with Gasteiger partial charge in [0.1, 0.15) is 6.07 Å². The SMILES string of the molecule is N#CC1=C2CCCCC2NN=C1N. The van der Waals surface area contributed by atoms with Crippen molar-refractivity contribution in [1.82, 2.24) is 5.43 Å². The van der Waals surface area contributed by atoms with Crippen LogP contribution in [0.2, 0.25) is 0 Å². The Labute approximate surface area is 77.1 Å². The van der Waals surface area contributed by atoms with Crippen molar-refractivity contribution in [2.45, 2.75) is 31.7 Å². The van der Waals surface area contributed by atoms with Crippen molar-refractivity contribution in [2.75, 3.05) is 0 Å². The zero-order valence-corrected chi connectivity index (χ0v) is 7.38. The highest BCUT2D eigenvalue weighted by atomic mass is 15.3. The highest BCUT2D eigenvalue weighted by Gasteiger charge is 2.26. The Hall–Kier alpha value is -1.50. The molecule has 2 rings (SSSR count). The molecule has 0 aromatic rings. The molecule has 1 saturated carbocycles. The highest BCUT2D eigenvalue weighted by molar-refractivity contribution is 6.01. The van der Waals surface area contributed by atoms with Crippen molar-refractivity contribution >= 4 is 5.84 Å². The van der Waals surface area contributed by atoms with E-state index >= 15 is 0 Å². The normalized spacial score (nSPS) is 27.0. The smallest absolute Gasteiger partial charge is 0.161 e. The van der Waals surface area contributed by atoms with E-state index in [0.717, 1.165) is 24.8 Å². The Bertz CT molecular complexity index is 321. The van der Waals surface area contributed by atoms with Gasteiger partial charge in [0.25, 0.3) is 0 Å². The molecule has 3 N–H and O–H groups in total. The molecule has 4 heteroatoms. The summed E-state index contributed by atoms with van der Waals surface area (Å²) < 4.78 is 0. The third kappa shape index (κ3) is 1.26. The van der Waals surface area contributed by atoms with Gasteiger partial charge in [-0.3, -0.25) is 0 Å². The number of rotatable bonds is 0. The molecule has 0 amide bonds. The number of hydrogen-bond donors (Lipinski definition) is 2. The second kappa shape index (κ2) is 3.09. The number of nitrogens with two attached hydrogens (primary N) is 1. The minimum atomic E-state index is 0.260. The van der Waals surface area contributed by atoms with Crippen molar-refractivity contribution in [1.29, 1.82) is 5.26 Å². The van der Waals surface area contributed by atoms with Gasteiger partial charge >= 0.3 is 0 Å². The summed E-state index contributed by atoms with van der Waals surface area (Å²) >= 11 is 0. The van der Waals surface area contributed by atoms with E-state index in [0.29, 0.717) is 11.4 Å². The third-order valence-corrected chi connectivity index (χ3v) is 2.64. The quantitative estimate of drug-likeness (QED) is 0.568. The molecular formula is C9H12N4. The fraction of sp³-hybridized carbons (Fsp3) is 0.556. The first-order chi connectivity index (χ1) is 6.33. The number of amidine groups is 1. The number of hydrazone groups is 1. The van der Waals surface area contributed by atoms with Crippen molar-refractivity contribution < 1.29 is 0 Å². The maximum atomic E-state index is 8.90. The molecule has 13 heavy (non-hydrogen) atoms. The summed E-state index contributed by atoms with van der Waals surface area (Å²) in [5.41, 5.74) is 10.3. The van der Waals surface area contributed by atoms with E-state index < -0.39 is 0 Å². The second-order valence-corrected chi connectivity index (χ2v) is 3.44. The number of nitrogens with zero attached hydrogens (tertiary/aromatic N) is 2. The fourth-order valence-corrected chi connectivity index (χ4v) is 1.95. The molecule has 0 aromatic heterocycles. The van der Waals surface area contributed by atoms with Crippen LogP contribution in [0.4, 0.5) is 0 Å². The van der Waals surface area contributed by atoms with Gasteiger partial charge in [-0.05, 0) is 24.8 Å². The Balaban J connectivity index is 2.38. The molecule has 0 radical (unpaired) electrons. The van der Waals surface area contributed by atoms with Crippen LogP contribution in [0.1, 0.15) is 25.7 Å². The van der Waals surface area contributed by atoms with E-state index in [9.17, 15) is 0 Å². The second-order valence-electron chi connectivity index (χ2n) is 3.44. The van der Waals surface area contributed by atoms with Crippen molar-refractivity contribution in [3.05, 3.63) is 11.1 Å². The van der Waals surface area contributed by atoms with Gasteiger partial charge in [0.05, 0.1) is 11.6 Å². The van der Waals surface area contributed by atoms with Crippen molar-refractivity contribution in [3.8, 4) is 6.07 Å². The maximum absolute atomic E-state index is 8.90. The van der Waals surface area contributed by atoms with Gasteiger partial charge in [-0.1, -0.05) is 6.42 Å². The summed E-state index contributed by atoms with van der Waals surface area (Å²) in [5.74, 6) is 0.343. The molecule has 2 aliphatic rings. The van der Waals surface area contributed by atoms with E-state index in [2.05, 4.69) is 16.6 Å². The van der Waals surface area contributed by atoms with Crippen LogP contribution in [0.25, 0.3) is 0 Å². The lowest BCUT2D eigenvalue weighted by Gasteiger charge is -2.29. The molecule has 1 atom stereocenters. The average Bonchev–Trinajstić information content (AvgIpc) is 2.18. The minimum absolute atomic E-state index is 0.260.